The molecular weight excluding hydrogens is 262 g/mol. The number of methoxy groups -OCH3 is 1. The van der Waals surface area contributed by atoms with Crippen LogP contribution in [0.5, 0.6) is 5.75 Å². The lowest BCUT2D eigenvalue weighted by Crippen LogP contribution is -2.35. The topological polar surface area (TPSA) is 77.2 Å². The molecule has 0 aliphatic carbocycles. The first-order chi connectivity index (χ1) is 8.89. The van der Waals surface area contributed by atoms with E-state index in [4.69, 9.17) is 10.5 Å². The number of thiazole rings is 1. The lowest BCUT2D eigenvalue weighted by atomic mass is 10.0. The summed E-state index contributed by atoms with van der Waals surface area (Å²) in [5.41, 5.74) is 5.73. The van der Waals surface area contributed by atoms with Crippen molar-refractivity contribution in [3.05, 3.63) is 18.2 Å². The molecule has 5 nitrogen and oxygen atoms in total. The second kappa shape index (κ2) is 5.05. The van der Waals surface area contributed by atoms with Crippen LogP contribution in [0.25, 0.3) is 10.2 Å². The number of hydrogen-bond donors (Lipinski definition) is 2. The van der Waals surface area contributed by atoms with Gasteiger partial charge in [-0.25, -0.2) is 4.98 Å². The molecule has 0 saturated carbocycles. The first-order valence-electron chi connectivity index (χ1n) is 5.91. The molecule has 0 atom stereocenters. The lowest BCUT2D eigenvalue weighted by molar-refractivity contribution is -0.118. The van der Waals surface area contributed by atoms with Crippen LogP contribution in [0.2, 0.25) is 0 Å². The van der Waals surface area contributed by atoms with Crippen LogP contribution in [-0.2, 0) is 4.79 Å². The molecule has 0 aliphatic heterocycles. The van der Waals surface area contributed by atoms with Gasteiger partial charge in [0.05, 0.1) is 17.3 Å². The summed E-state index contributed by atoms with van der Waals surface area (Å²) in [6.07, 6.45) is 0.256. The summed E-state index contributed by atoms with van der Waals surface area (Å²) in [7, 11) is 1.64. The van der Waals surface area contributed by atoms with Crippen molar-refractivity contribution < 1.29 is 9.53 Å². The summed E-state index contributed by atoms with van der Waals surface area (Å²) in [6.45, 7) is 3.84. The van der Waals surface area contributed by atoms with Gasteiger partial charge in [0.2, 0.25) is 5.91 Å². The zero-order valence-corrected chi connectivity index (χ0v) is 12.0. The van der Waals surface area contributed by atoms with E-state index in [0.29, 0.717) is 0 Å². The molecule has 0 saturated heterocycles. The average molecular weight is 279 g/mol. The third kappa shape index (κ3) is 3.35. The van der Waals surface area contributed by atoms with Gasteiger partial charge in [0.25, 0.3) is 0 Å². The lowest BCUT2D eigenvalue weighted by Gasteiger charge is -2.24. The van der Waals surface area contributed by atoms with Crippen LogP contribution in [0, 0.1) is 0 Å². The molecule has 0 unspecified atom stereocenters. The summed E-state index contributed by atoms with van der Waals surface area (Å²) in [5, 5.41) is 4.01. The molecule has 0 radical (unpaired) electrons. The Morgan fingerprint density at radius 1 is 1.53 bits per heavy atom. The summed E-state index contributed by atoms with van der Waals surface area (Å²) in [5.74, 6) is 0.472. The number of benzene rings is 1. The molecule has 1 aromatic carbocycles. The number of carbonyl (C=O) groups excluding carboxylic acids is 1. The van der Waals surface area contributed by atoms with Crippen molar-refractivity contribution in [3.8, 4) is 5.75 Å². The van der Waals surface area contributed by atoms with Crippen LogP contribution in [0.3, 0.4) is 0 Å². The fraction of sp³-hybridized carbons (Fsp3) is 0.385. The maximum atomic E-state index is 11.0. The minimum atomic E-state index is -0.413. The van der Waals surface area contributed by atoms with Crippen molar-refractivity contribution in [1.29, 1.82) is 0 Å². The van der Waals surface area contributed by atoms with Gasteiger partial charge in [-0.15, -0.1) is 0 Å². The number of amides is 1. The van der Waals surface area contributed by atoms with E-state index in [1.54, 1.807) is 7.11 Å². The summed E-state index contributed by atoms with van der Waals surface area (Å²) in [4.78, 5) is 15.5. The third-order valence-corrected chi connectivity index (χ3v) is 3.59. The number of fused-ring (bicyclic) bond motifs is 1. The first kappa shape index (κ1) is 13.6. The van der Waals surface area contributed by atoms with E-state index in [1.807, 2.05) is 32.0 Å². The Kier molecular flexibility index (Phi) is 3.61. The van der Waals surface area contributed by atoms with E-state index < -0.39 is 5.54 Å². The number of ether oxygens (including phenoxy) is 1. The molecule has 0 fully saturated rings. The molecule has 3 N–H and O–H groups in total. The van der Waals surface area contributed by atoms with Gasteiger partial charge in [-0.2, -0.15) is 0 Å². The van der Waals surface area contributed by atoms with Crippen molar-refractivity contribution in [3.63, 3.8) is 0 Å². The SMILES string of the molecule is COc1ccc2nc(NC(C)(C)CC(N)=O)sc2c1. The predicted octanol–water partition coefficient (Wildman–Crippen LogP) is 2.37. The quantitative estimate of drug-likeness (QED) is 0.881. The molecular formula is C13H17N3O2S. The van der Waals surface area contributed by atoms with Crippen LogP contribution < -0.4 is 15.8 Å². The zero-order valence-electron chi connectivity index (χ0n) is 11.2. The number of primary amides is 1. The molecule has 0 bridgehead atoms. The Labute approximate surface area is 115 Å². The number of hydrogen-bond acceptors (Lipinski definition) is 5. The Bertz CT molecular complexity index is 607. The largest absolute Gasteiger partial charge is 0.497 e. The fourth-order valence-electron chi connectivity index (χ4n) is 1.85. The molecule has 1 amide bonds. The molecule has 2 rings (SSSR count). The summed E-state index contributed by atoms with van der Waals surface area (Å²) < 4.78 is 6.22. The van der Waals surface area contributed by atoms with Crippen LogP contribution >= 0.6 is 11.3 Å². The Balaban J connectivity index is 2.24. The van der Waals surface area contributed by atoms with E-state index in [1.165, 1.54) is 11.3 Å². The van der Waals surface area contributed by atoms with Crippen molar-refractivity contribution in [2.75, 3.05) is 12.4 Å². The number of aromatic nitrogens is 1. The number of nitrogens with two attached hydrogens (primary N) is 1. The van der Waals surface area contributed by atoms with Crippen molar-refractivity contribution in [2.24, 2.45) is 5.73 Å². The van der Waals surface area contributed by atoms with Gasteiger partial charge >= 0.3 is 0 Å². The highest BCUT2D eigenvalue weighted by atomic mass is 32.1. The average Bonchev–Trinajstić information content (AvgIpc) is 2.66. The highest BCUT2D eigenvalue weighted by Gasteiger charge is 2.21. The van der Waals surface area contributed by atoms with E-state index in [9.17, 15) is 4.79 Å². The van der Waals surface area contributed by atoms with Crippen molar-refractivity contribution >= 4 is 32.6 Å². The van der Waals surface area contributed by atoms with E-state index >= 15 is 0 Å². The van der Waals surface area contributed by atoms with Gasteiger partial charge in [0.15, 0.2) is 5.13 Å². The minimum absolute atomic E-state index is 0.256. The molecule has 0 spiro atoms. The molecule has 19 heavy (non-hydrogen) atoms. The predicted molar refractivity (Wildman–Crippen MR) is 77.7 cm³/mol. The highest BCUT2D eigenvalue weighted by Crippen LogP contribution is 2.31. The molecule has 1 aromatic heterocycles. The van der Waals surface area contributed by atoms with Crippen molar-refractivity contribution in [1.82, 2.24) is 4.98 Å². The van der Waals surface area contributed by atoms with Gasteiger partial charge in [-0.3, -0.25) is 4.79 Å². The summed E-state index contributed by atoms with van der Waals surface area (Å²) >= 11 is 1.53. The molecule has 0 aliphatic rings. The first-order valence-corrected chi connectivity index (χ1v) is 6.72. The van der Waals surface area contributed by atoms with Gasteiger partial charge in [0, 0.05) is 12.0 Å². The smallest absolute Gasteiger partial charge is 0.219 e. The molecule has 2 aromatic rings. The van der Waals surface area contributed by atoms with Gasteiger partial charge < -0.3 is 15.8 Å². The summed E-state index contributed by atoms with van der Waals surface area (Å²) in [6, 6.07) is 5.73. The highest BCUT2D eigenvalue weighted by molar-refractivity contribution is 7.22. The normalized spacial score (nSPS) is 11.5. The van der Waals surface area contributed by atoms with Crippen LogP contribution in [-0.4, -0.2) is 23.5 Å². The Morgan fingerprint density at radius 2 is 2.26 bits per heavy atom. The number of nitrogens with zero attached hydrogens (tertiary/aromatic N) is 1. The molecule has 1 heterocycles. The standard InChI is InChI=1S/C13H17N3O2S/c1-13(2,7-11(14)17)16-12-15-9-5-4-8(18-3)6-10(9)19-12/h4-6H,7H2,1-3H3,(H2,14,17)(H,15,16). The van der Waals surface area contributed by atoms with Crippen LogP contribution in [0.15, 0.2) is 18.2 Å². The fourth-order valence-corrected chi connectivity index (χ4v) is 2.93. The molecule has 102 valence electrons. The van der Waals surface area contributed by atoms with Crippen LogP contribution in [0.1, 0.15) is 20.3 Å². The van der Waals surface area contributed by atoms with Gasteiger partial charge in [-0.05, 0) is 32.0 Å². The number of nitrogens with one attached hydrogen (secondary N) is 1. The zero-order chi connectivity index (χ0) is 14.0. The van der Waals surface area contributed by atoms with Crippen molar-refractivity contribution in [2.45, 2.75) is 25.8 Å². The van der Waals surface area contributed by atoms with Gasteiger partial charge in [-0.1, -0.05) is 11.3 Å². The third-order valence-electron chi connectivity index (χ3n) is 2.66. The second-order valence-corrected chi connectivity index (χ2v) is 6.04. The minimum Gasteiger partial charge on any atom is -0.497 e. The maximum absolute atomic E-state index is 11.0. The Hall–Kier alpha value is -1.82. The maximum Gasteiger partial charge on any atom is 0.219 e. The number of rotatable bonds is 5. The van der Waals surface area contributed by atoms with Gasteiger partial charge in [0.1, 0.15) is 5.75 Å². The monoisotopic (exact) mass is 279 g/mol. The van der Waals surface area contributed by atoms with Crippen LogP contribution in [0.4, 0.5) is 5.13 Å². The number of anilines is 1. The molecule has 6 heteroatoms. The van der Waals surface area contributed by atoms with E-state index in [2.05, 4.69) is 10.3 Å². The Morgan fingerprint density at radius 3 is 2.89 bits per heavy atom. The van der Waals surface area contributed by atoms with E-state index in [-0.39, 0.29) is 12.3 Å². The number of carbonyl (C=O) groups is 1. The second-order valence-electron chi connectivity index (χ2n) is 5.00. The van der Waals surface area contributed by atoms with E-state index in [0.717, 1.165) is 21.1 Å².